The van der Waals surface area contributed by atoms with Crippen LogP contribution in [0.3, 0.4) is 0 Å². The van der Waals surface area contributed by atoms with Crippen molar-refractivity contribution < 1.29 is 18.7 Å². The van der Waals surface area contributed by atoms with Crippen molar-refractivity contribution in [1.29, 1.82) is 0 Å². The van der Waals surface area contributed by atoms with E-state index in [9.17, 15) is 14.4 Å². The van der Waals surface area contributed by atoms with E-state index in [2.05, 4.69) is 5.32 Å². The second-order valence-electron chi connectivity index (χ2n) is 6.72. The average molecular weight is 394 g/mol. The van der Waals surface area contributed by atoms with Gasteiger partial charge in [-0.2, -0.15) is 0 Å². The summed E-state index contributed by atoms with van der Waals surface area (Å²) in [6.45, 7) is 1.76. The first-order valence-corrected chi connectivity index (χ1v) is 9.18. The molecule has 1 N–H and O–H groups in total. The van der Waals surface area contributed by atoms with Crippen LogP contribution in [-0.2, 0) is 11.2 Å². The van der Waals surface area contributed by atoms with E-state index in [-0.39, 0.29) is 18.4 Å². The first-order chi connectivity index (χ1) is 13.9. The summed E-state index contributed by atoms with van der Waals surface area (Å²) in [6, 6.07) is 13.2. The SMILES string of the molecule is CCc1cc(=O)oc2cc(OCC(=O)Nc3ccc(C(=O)N(C)C)cc3)ccc12. The highest BCUT2D eigenvalue weighted by atomic mass is 16.5. The number of carbonyl (C=O) groups excluding carboxylic acids is 2. The molecular formula is C22H22N2O5. The van der Waals surface area contributed by atoms with Crippen LogP contribution >= 0.6 is 0 Å². The molecule has 0 saturated heterocycles. The molecule has 2 aromatic carbocycles. The Labute approximate surface area is 167 Å². The van der Waals surface area contributed by atoms with Crippen LogP contribution in [0, 0.1) is 0 Å². The van der Waals surface area contributed by atoms with E-state index < -0.39 is 5.63 Å². The molecule has 0 aliphatic carbocycles. The van der Waals surface area contributed by atoms with Crippen molar-refractivity contribution in [3.8, 4) is 5.75 Å². The highest BCUT2D eigenvalue weighted by molar-refractivity contribution is 5.95. The second-order valence-corrected chi connectivity index (χ2v) is 6.72. The van der Waals surface area contributed by atoms with E-state index in [1.54, 1.807) is 50.5 Å². The molecule has 0 atom stereocenters. The molecule has 29 heavy (non-hydrogen) atoms. The summed E-state index contributed by atoms with van der Waals surface area (Å²) in [7, 11) is 3.35. The Balaban J connectivity index is 1.63. The average Bonchev–Trinajstić information content (AvgIpc) is 2.71. The fourth-order valence-electron chi connectivity index (χ4n) is 2.89. The molecule has 3 rings (SSSR count). The highest BCUT2D eigenvalue weighted by Gasteiger charge is 2.10. The third-order valence-corrected chi connectivity index (χ3v) is 4.37. The first kappa shape index (κ1) is 20.1. The van der Waals surface area contributed by atoms with Crippen molar-refractivity contribution in [3.05, 3.63) is 70.1 Å². The number of nitrogens with zero attached hydrogens (tertiary/aromatic N) is 1. The van der Waals surface area contributed by atoms with Crippen LogP contribution in [0.1, 0.15) is 22.8 Å². The predicted molar refractivity (Wildman–Crippen MR) is 110 cm³/mol. The fourth-order valence-corrected chi connectivity index (χ4v) is 2.89. The van der Waals surface area contributed by atoms with Crippen LogP contribution in [-0.4, -0.2) is 37.4 Å². The van der Waals surface area contributed by atoms with Crippen LogP contribution in [0.4, 0.5) is 5.69 Å². The van der Waals surface area contributed by atoms with Gasteiger partial charge in [-0.3, -0.25) is 9.59 Å². The van der Waals surface area contributed by atoms with Crippen molar-refractivity contribution in [1.82, 2.24) is 4.90 Å². The lowest BCUT2D eigenvalue weighted by Crippen LogP contribution is -2.22. The van der Waals surface area contributed by atoms with Gasteiger partial charge in [0.2, 0.25) is 0 Å². The summed E-state index contributed by atoms with van der Waals surface area (Å²) in [4.78, 5) is 37.2. The van der Waals surface area contributed by atoms with Crippen molar-refractivity contribution in [2.24, 2.45) is 0 Å². The highest BCUT2D eigenvalue weighted by Crippen LogP contribution is 2.23. The number of amides is 2. The van der Waals surface area contributed by atoms with Crippen molar-refractivity contribution >= 4 is 28.5 Å². The van der Waals surface area contributed by atoms with E-state index in [0.717, 1.165) is 10.9 Å². The van der Waals surface area contributed by atoms with Gasteiger partial charge in [0.15, 0.2) is 6.61 Å². The minimum atomic E-state index is -0.416. The smallest absolute Gasteiger partial charge is 0.336 e. The third kappa shape index (κ3) is 4.82. The zero-order chi connectivity index (χ0) is 21.0. The van der Waals surface area contributed by atoms with E-state index in [1.807, 2.05) is 13.0 Å². The van der Waals surface area contributed by atoms with E-state index in [1.165, 1.54) is 11.0 Å². The van der Waals surface area contributed by atoms with E-state index in [0.29, 0.717) is 29.0 Å². The van der Waals surface area contributed by atoms with Gasteiger partial charge >= 0.3 is 5.63 Å². The zero-order valence-electron chi connectivity index (χ0n) is 16.5. The second kappa shape index (κ2) is 8.60. The van der Waals surface area contributed by atoms with Gasteiger partial charge in [0, 0.05) is 42.9 Å². The van der Waals surface area contributed by atoms with Crippen LogP contribution in [0.5, 0.6) is 5.75 Å². The Morgan fingerprint density at radius 1 is 1.07 bits per heavy atom. The van der Waals surface area contributed by atoms with Crippen molar-refractivity contribution in [3.63, 3.8) is 0 Å². The largest absolute Gasteiger partial charge is 0.484 e. The van der Waals surface area contributed by atoms with Crippen molar-refractivity contribution in [2.75, 3.05) is 26.0 Å². The molecule has 1 aromatic heterocycles. The number of hydrogen-bond donors (Lipinski definition) is 1. The number of nitrogens with one attached hydrogen (secondary N) is 1. The Hall–Kier alpha value is -3.61. The van der Waals surface area contributed by atoms with Gasteiger partial charge in [0.1, 0.15) is 11.3 Å². The molecule has 0 fully saturated rings. The minimum absolute atomic E-state index is 0.111. The summed E-state index contributed by atoms with van der Waals surface area (Å²) in [5.41, 5.74) is 2.00. The molecule has 0 unspecified atom stereocenters. The Kier molecular flexibility index (Phi) is 5.97. The summed E-state index contributed by atoms with van der Waals surface area (Å²) in [5.74, 6) is -0.0306. The van der Waals surface area contributed by atoms with Gasteiger partial charge in [-0.15, -0.1) is 0 Å². The number of fused-ring (bicyclic) bond motifs is 1. The molecule has 0 aliphatic heterocycles. The van der Waals surface area contributed by atoms with Crippen molar-refractivity contribution in [2.45, 2.75) is 13.3 Å². The number of aryl methyl sites for hydroxylation is 1. The maximum Gasteiger partial charge on any atom is 0.336 e. The van der Waals surface area contributed by atoms with Crippen LogP contribution in [0.15, 0.2) is 57.7 Å². The van der Waals surface area contributed by atoms with Gasteiger partial charge in [0.05, 0.1) is 0 Å². The first-order valence-electron chi connectivity index (χ1n) is 9.18. The Morgan fingerprint density at radius 2 is 1.79 bits per heavy atom. The molecule has 0 bridgehead atoms. The molecule has 3 aromatic rings. The molecule has 150 valence electrons. The van der Waals surface area contributed by atoms with Crippen LogP contribution < -0.4 is 15.7 Å². The molecule has 0 spiro atoms. The zero-order valence-corrected chi connectivity index (χ0v) is 16.5. The summed E-state index contributed by atoms with van der Waals surface area (Å²) in [5, 5.41) is 3.55. The van der Waals surface area contributed by atoms with Gasteiger partial charge < -0.3 is 19.4 Å². The lowest BCUT2D eigenvalue weighted by Gasteiger charge is -2.11. The maximum atomic E-state index is 12.1. The van der Waals surface area contributed by atoms with E-state index in [4.69, 9.17) is 9.15 Å². The molecule has 7 nitrogen and oxygen atoms in total. The van der Waals surface area contributed by atoms with E-state index >= 15 is 0 Å². The maximum absolute atomic E-state index is 12.1. The molecular weight excluding hydrogens is 372 g/mol. The lowest BCUT2D eigenvalue weighted by molar-refractivity contribution is -0.118. The molecule has 0 aliphatic rings. The molecule has 7 heteroatoms. The van der Waals surface area contributed by atoms with Crippen LogP contribution in [0.2, 0.25) is 0 Å². The fraction of sp³-hybridized carbons (Fsp3) is 0.227. The molecule has 1 heterocycles. The Morgan fingerprint density at radius 3 is 2.45 bits per heavy atom. The number of carbonyl (C=O) groups is 2. The molecule has 0 saturated carbocycles. The van der Waals surface area contributed by atoms with Crippen LogP contribution in [0.25, 0.3) is 11.0 Å². The summed E-state index contributed by atoms with van der Waals surface area (Å²) >= 11 is 0. The third-order valence-electron chi connectivity index (χ3n) is 4.37. The number of benzene rings is 2. The summed E-state index contributed by atoms with van der Waals surface area (Å²) < 4.78 is 10.7. The molecule has 0 radical (unpaired) electrons. The number of hydrogen-bond acceptors (Lipinski definition) is 5. The van der Waals surface area contributed by atoms with Gasteiger partial charge in [0.25, 0.3) is 11.8 Å². The normalized spacial score (nSPS) is 10.6. The number of rotatable bonds is 6. The summed E-state index contributed by atoms with van der Waals surface area (Å²) in [6.07, 6.45) is 0.712. The Bertz CT molecular complexity index is 1100. The quantitative estimate of drug-likeness (QED) is 0.649. The predicted octanol–water partition coefficient (Wildman–Crippen LogP) is 3.07. The topological polar surface area (TPSA) is 88.8 Å². The minimum Gasteiger partial charge on any atom is -0.484 e. The number of ether oxygens (including phenoxy) is 1. The molecule has 2 amide bonds. The van der Waals surface area contributed by atoms with Gasteiger partial charge in [-0.25, -0.2) is 4.79 Å². The monoisotopic (exact) mass is 394 g/mol. The van der Waals surface area contributed by atoms with Gasteiger partial charge in [-0.05, 0) is 48.4 Å². The lowest BCUT2D eigenvalue weighted by atomic mass is 10.1. The number of anilines is 1. The standard InChI is InChI=1S/C22H22N2O5/c1-4-14-11-21(26)29-19-12-17(9-10-18(14)19)28-13-20(25)23-16-7-5-15(6-8-16)22(27)24(2)3/h5-12H,4,13H2,1-3H3,(H,23,25). The van der Waals surface area contributed by atoms with Gasteiger partial charge in [-0.1, -0.05) is 6.92 Å².